The van der Waals surface area contributed by atoms with Gasteiger partial charge in [0.25, 0.3) is 11.8 Å². The molecule has 0 radical (unpaired) electrons. The number of carboxylic acid groups (broad SMARTS) is 1. The second-order valence-corrected chi connectivity index (χ2v) is 14.0. The van der Waals surface area contributed by atoms with Gasteiger partial charge in [-0.15, -0.1) is 0 Å². The summed E-state index contributed by atoms with van der Waals surface area (Å²) in [5.41, 5.74) is 1.44. The first kappa shape index (κ1) is 34.3. The zero-order valence-corrected chi connectivity index (χ0v) is 28.4. The lowest BCUT2D eigenvalue weighted by atomic mass is 9.94. The minimum Gasteiger partial charge on any atom is -0.493 e. The van der Waals surface area contributed by atoms with Gasteiger partial charge in [0.15, 0.2) is 18.1 Å². The summed E-state index contributed by atoms with van der Waals surface area (Å²) in [6.07, 6.45) is 5.96. The Morgan fingerprint density at radius 1 is 1.10 bits per heavy atom. The summed E-state index contributed by atoms with van der Waals surface area (Å²) < 4.78 is 23.0. The van der Waals surface area contributed by atoms with E-state index in [4.69, 9.17) is 30.8 Å². The second kappa shape index (κ2) is 15.3. The van der Waals surface area contributed by atoms with Crippen molar-refractivity contribution < 1.29 is 42.9 Å². The number of nitrogens with one attached hydrogen (secondary N) is 1. The van der Waals surface area contributed by atoms with Gasteiger partial charge in [0.1, 0.15) is 28.5 Å². The van der Waals surface area contributed by atoms with E-state index in [1.54, 1.807) is 36.4 Å². The molecule has 256 valence electrons. The maximum Gasteiger partial charge on any atom is 0.326 e. The minimum atomic E-state index is -1.32. The van der Waals surface area contributed by atoms with Crippen molar-refractivity contribution in [1.29, 1.82) is 0 Å². The number of fused-ring (bicyclic) bond motifs is 2. The summed E-state index contributed by atoms with van der Waals surface area (Å²) in [5.74, 6) is 0.163. The highest BCUT2D eigenvalue weighted by molar-refractivity contribution is 8.26. The van der Waals surface area contributed by atoms with Crippen LogP contribution in [0.4, 0.5) is 0 Å². The highest BCUT2D eigenvalue weighted by atomic mass is 32.2. The molecule has 1 aromatic heterocycles. The number of aliphatic carboxylic acids is 1. The quantitative estimate of drug-likeness (QED) is 0.119. The Balaban J connectivity index is 1.04. The first-order valence-electron chi connectivity index (χ1n) is 16.1. The number of carbonyl (C=O) groups excluding carboxylic acids is 3. The van der Waals surface area contributed by atoms with E-state index in [2.05, 4.69) is 5.32 Å². The molecule has 3 unspecified atom stereocenters. The van der Waals surface area contributed by atoms with Crippen molar-refractivity contribution in [1.82, 2.24) is 10.2 Å². The van der Waals surface area contributed by atoms with E-state index in [0.29, 0.717) is 43.9 Å². The normalized spacial score (nSPS) is 21.2. The lowest BCUT2D eigenvalue weighted by Crippen LogP contribution is -2.43. The smallest absolute Gasteiger partial charge is 0.326 e. The number of carbonyl (C=O) groups is 4. The van der Waals surface area contributed by atoms with Crippen molar-refractivity contribution in [3.05, 3.63) is 76.9 Å². The lowest BCUT2D eigenvalue weighted by Gasteiger charge is -2.30. The summed E-state index contributed by atoms with van der Waals surface area (Å²) in [6, 6.07) is 16.6. The molecule has 1 saturated heterocycles. The van der Waals surface area contributed by atoms with Crippen LogP contribution in [0.3, 0.4) is 0 Å². The number of amides is 2. The molecule has 3 aliphatic rings. The largest absolute Gasteiger partial charge is 0.493 e. The van der Waals surface area contributed by atoms with Crippen molar-refractivity contribution in [2.45, 2.75) is 57.2 Å². The molecule has 1 aliphatic heterocycles. The van der Waals surface area contributed by atoms with Crippen LogP contribution in [0, 0.1) is 11.8 Å². The monoisotopic (exact) mass is 704 g/mol. The average molecular weight is 705 g/mol. The van der Waals surface area contributed by atoms with E-state index < -0.39 is 30.5 Å². The van der Waals surface area contributed by atoms with Gasteiger partial charge in [-0.25, -0.2) is 4.79 Å². The van der Waals surface area contributed by atoms with Crippen LogP contribution in [0.15, 0.2) is 70.0 Å². The van der Waals surface area contributed by atoms with Crippen LogP contribution in [-0.2, 0) is 30.5 Å². The fraction of sp³-hybridized carbons (Fsp3) is 0.361. The van der Waals surface area contributed by atoms with Crippen molar-refractivity contribution >= 4 is 58.1 Å². The van der Waals surface area contributed by atoms with E-state index >= 15 is 0 Å². The molecule has 2 aromatic carbocycles. The fourth-order valence-electron chi connectivity index (χ4n) is 6.66. The van der Waals surface area contributed by atoms with Gasteiger partial charge in [-0.1, -0.05) is 60.7 Å². The minimum absolute atomic E-state index is 0.0721. The number of ether oxygens (including phenoxy) is 3. The Kier molecular flexibility index (Phi) is 10.7. The number of hydrogen-bond donors (Lipinski definition) is 2. The van der Waals surface area contributed by atoms with E-state index in [9.17, 15) is 24.3 Å². The molecule has 2 saturated carbocycles. The van der Waals surface area contributed by atoms with E-state index in [1.165, 1.54) is 31.7 Å². The number of esters is 1. The molecule has 6 rings (SSSR count). The molecule has 0 spiro atoms. The summed E-state index contributed by atoms with van der Waals surface area (Å²) in [7, 11) is 1.46. The molecule has 2 N–H and O–H groups in total. The Morgan fingerprint density at radius 3 is 2.63 bits per heavy atom. The summed E-state index contributed by atoms with van der Waals surface area (Å²) in [5, 5.41) is 12.0. The van der Waals surface area contributed by atoms with Gasteiger partial charge < -0.3 is 29.1 Å². The Bertz CT molecular complexity index is 1770. The zero-order chi connectivity index (χ0) is 34.5. The van der Waals surface area contributed by atoms with Crippen LogP contribution < -0.4 is 14.8 Å². The number of thioether (sulfide) groups is 1. The van der Waals surface area contributed by atoms with Gasteiger partial charge in [-0.05, 0) is 73.4 Å². The van der Waals surface area contributed by atoms with Crippen LogP contribution in [-0.4, -0.2) is 63.9 Å². The fourth-order valence-corrected chi connectivity index (χ4v) is 8.01. The molecule has 2 bridgehead atoms. The number of furan rings is 1. The number of nitrogens with zero attached hydrogens (tertiary/aromatic N) is 1. The van der Waals surface area contributed by atoms with Crippen LogP contribution in [0.2, 0.25) is 0 Å². The molecular weight excluding hydrogens is 669 g/mol. The molecule has 2 aliphatic carbocycles. The molecule has 3 aromatic rings. The summed E-state index contributed by atoms with van der Waals surface area (Å²) in [6.45, 7) is -0.432. The average Bonchev–Trinajstić information content (AvgIpc) is 3.90. The van der Waals surface area contributed by atoms with Crippen LogP contribution in [0.1, 0.15) is 49.8 Å². The molecule has 49 heavy (non-hydrogen) atoms. The third-order valence-electron chi connectivity index (χ3n) is 9.08. The van der Waals surface area contributed by atoms with Crippen LogP contribution >= 0.6 is 24.0 Å². The molecule has 2 heterocycles. The van der Waals surface area contributed by atoms with Crippen molar-refractivity contribution in [3.8, 4) is 22.8 Å². The van der Waals surface area contributed by atoms with Crippen LogP contribution in [0.25, 0.3) is 17.4 Å². The van der Waals surface area contributed by atoms with Gasteiger partial charge in [0.2, 0.25) is 0 Å². The first-order chi connectivity index (χ1) is 23.7. The van der Waals surface area contributed by atoms with Gasteiger partial charge in [-0.3, -0.25) is 19.3 Å². The van der Waals surface area contributed by atoms with E-state index in [1.807, 2.05) is 35.2 Å². The number of methoxy groups -OCH3 is 1. The predicted octanol–water partition coefficient (Wildman–Crippen LogP) is 5.82. The molecule has 3 fully saturated rings. The van der Waals surface area contributed by atoms with Gasteiger partial charge in [0, 0.05) is 24.1 Å². The second-order valence-electron chi connectivity index (χ2n) is 12.3. The predicted molar refractivity (Wildman–Crippen MR) is 185 cm³/mol. The molecule has 4 atom stereocenters. The topological polar surface area (TPSA) is 145 Å². The Labute approximate surface area is 293 Å². The first-order valence-corrected chi connectivity index (χ1v) is 17.3. The standard InChI is InChI=1S/C36H36N2O9S2/c1-44-29-12-9-24(28-13-10-25(47-28)18-31-34(41)38(36(48)49-31)27-16-22-7-8-23(27)15-22)17-30(29)45-20-32(39)37-26(35(42)43)11-14-33(40)46-19-21-5-3-2-4-6-21/h2-6,9-10,12-13,17-18,22-23,26-27H,7-8,11,14-16,19-20H2,1H3,(H,37,39)(H,42,43)/t22?,23?,26-,27?/m0/s1. The Morgan fingerprint density at radius 2 is 1.92 bits per heavy atom. The van der Waals surface area contributed by atoms with Gasteiger partial charge in [-0.2, -0.15) is 0 Å². The van der Waals surface area contributed by atoms with Gasteiger partial charge in [0.05, 0.1) is 12.0 Å². The number of benzene rings is 2. The third-order valence-corrected chi connectivity index (χ3v) is 10.4. The number of rotatable bonds is 14. The summed E-state index contributed by atoms with van der Waals surface area (Å²) in [4.78, 5) is 52.3. The summed E-state index contributed by atoms with van der Waals surface area (Å²) >= 11 is 6.90. The van der Waals surface area contributed by atoms with Crippen molar-refractivity contribution in [3.63, 3.8) is 0 Å². The third kappa shape index (κ3) is 8.16. The molecule has 2 amide bonds. The zero-order valence-electron chi connectivity index (χ0n) is 26.8. The van der Waals surface area contributed by atoms with Crippen LogP contribution in [0.5, 0.6) is 11.5 Å². The van der Waals surface area contributed by atoms with Crippen molar-refractivity contribution in [2.75, 3.05) is 13.7 Å². The number of carboxylic acids is 1. The highest BCUT2D eigenvalue weighted by Crippen LogP contribution is 2.49. The maximum absolute atomic E-state index is 13.3. The molecule has 13 heteroatoms. The molecule has 11 nitrogen and oxygen atoms in total. The molecular formula is C36H36N2O9S2. The van der Waals surface area contributed by atoms with Crippen molar-refractivity contribution in [2.24, 2.45) is 11.8 Å². The SMILES string of the molecule is COc1ccc(-c2ccc(C=C3SC(=S)N(C4CC5CCC4C5)C3=O)o2)cc1OCC(=O)N[C@@H](CCC(=O)OCc1ccccc1)C(=O)O. The Hall–Kier alpha value is -4.62. The van der Waals surface area contributed by atoms with Gasteiger partial charge >= 0.3 is 11.9 Å². The maximum atomic E-state index is 13.3. The lowest BCUT2D eigenvalue weighted by molar-refractivity contribution is -0.146. The van der Waals surface area contributed by atoms with E-state index in [-0.39, 0.29) is 37.1 Å². The highest BCUT2D eigenvalue weighted by Gasteiger charge is 2.48. The number of hydrogen-bond acceptors (Lipinski definition) is 10. The number of thiocarbonyl (C=S) groups is 1. The van der Waals surface area contributed by atoms with E-state index in [0.717, 1.165) is 18.4 Å².